The number of nitrogens with one attached hydrogen (secondary N) is 2. The average Bonchev–Trinajstić information content (AvgIpc) is 2.47. The fourth-order valence-electron chi connectivity index (χ4n) is 2.44. The van der Waals surface area contributed by atoms with Crippen LogP contribution in [0.25, 0.3) is 11.1 Å². The third-order valence-electron chi connectivity index (χ3n) is 3.45. The van der Waals surface area contributed by atoms with Crippen LogP contribution in [0.4, 0.5) is 10.1 Å². The Bertz CT molecular complexity index is 682. The molecule has 0 amide bonds. The summed E-state index contributed by atoms with van der Waals surface area (Å²) in [7, 11) is 0. The molecule has 100 valence electrons. The van der Waals surface area contributed by atoms with Gasteiger partial charge in [0.25, 0.3) is 0 Å². The monoisotopic (exact) mass is 268 g/mol. The predicted octanol–water partition coefficient (Wildman–Crippen LogP) is 3.22. The summed E-state index contributed by atoms with van der Waals surface area (Å²) >= 11 is 0. The van der Waals surface area contributed by atoms with Gasteiger partial charge in [-0.15, -0.1) is 0 Å². The first kappa shape index (κ1) is 12.5. The van der Waals surface area contributed by atoms with E-state index in [9.17, 15) is 4.39 Å². The summed E-state index contributed by atoms with van der Waals surface area (Å²) in [4.78, 5) is 5.42. The number of amidine groups is 1. The van der Waals surface area contributed by atoms with E-state index >= 15 is 0 Å². The maximum absolute atomic E-state index is 14.3. The molecule has 1 aliphatic heterocycles. The van der Waals surface area contributed by atoms with E-state index in [4.69, 9.17) is 10.8 Å². The minimum atomic E-state index is -0.363. The van der Waals surface area contributed by atoms with Crippen LogP contribution in [-0.2, 0) is 6.42 Å². The summed E-state index contributed by atoms with van der Waals surface area (Å²) in [6.45, 7) is 0. The molecule has 0 aliphatic carbocycles. The molecule has 2 aromatic rings. The Morgan fingerprint density at radius 3 is 2.85 bits per heavy atom. The predicted molar refractivity (Wildman–Crippen MR) is 76.9 cm³/mol. The van der Waals surface area contributed by atoms with Gasteiger partial charge in [0.1, 0.15) is 11.7 Å². The fraction of sp³-hybridized carbons (Fsp3) is 0.133. The SMILES string of the molecule is N=CN1C(=N)CCc2cc(-c3cccnc3)c(F)cc21. The summed E-state index contributed by atoms with van der Waals surface area (Å²) in [6.07, 6.45) is 5.58. The molecule has 1 aromatic carbocycles. The van der Waals surface area contributed by atoms with Crippen LogP contribution in [0, 0.1) is 16.6 Å². The van der Waals surface area contributed by atoms with Crippen LogP contribution in [0.1, 0.15) is 12.0 Å². The smallest absolute Gasteiger partial charge is 0.133 e. The van der Waals surface area contributed by atoms with Crippen molar-refractivity contribution in [2.24, 2.45) is 0 Å². The summed E-state index contributed by atoms with van der Waals surface area (Å²) < 4.78 is 14.3. The van der Waals surface area contributed by atoms with Crippen LogP contribution >= 0.6 is 0 Å². The van der Waals surface area contributed by atoms with Gasteiger partial charge in [-0.3, -0.25) is 20.7 Å². The van der Waals surface area contributed by atoms with Crippen molar-refractivity contribution < 1.29 is 4.39 Å². The van der Waals surface area contributed by atoms with Gasteiger partial charge in [-0.05, 0) is 30.2 Å². The molecule has 1 aromatic heterocycles. The van der Waals surface area contributed by atoms with Gasteiger partial charge in [0.15, 0.2) is 0 Å². The van der Waals surface area contributed by atoms with Crippen LogP contribution in [-0.4, -0.2) is 17.2 Å². The highest BCUT2D eigenvalue weighted by Crippen LogP contribution is 2.33. The van der Waals surface area contributed by atoms with Crippen molar-refractivity contribution in [2.45, 2.75) is 12.8 Å². The Morgan fingerprint density at radius 1 is 1.30 bits per heavy atom. The van der Waals surface area contributed by atoms with Crippen LogP contribution in [0.3, 0.4) is 0 Å². The topological polar surface area (TPSA) is 63.8 Å². The van der Waals surface area contributed by atoms with Crippen LogP contribution < -0.4 is 4.90 Å². The zero-order valence-corrected chi connectivity index (χ0v) is 10.7. The lowest BCUT2D eigenvalue weighted by molar-refractivity contribution is 0.630. The molecule has 0 spiro atoms. The molecule has 20 heavy (non-hydrogen) atoms. The highest BCUT2D eigenvalue weighted by atomic mass is 19.1. The molecule has 5 heteroatoms. The number of anilines is 1. The Balaban J connectivity index is 2.14. The number of aromatic nitrogens is 1. The Kier molecular flexibility index (Phi) is 3.02. The molecule has 0 fully saturated rings. The number of pyridine rings is 1. The first-order valence-electron chi connectivity index (χ1n) is 6.31. The van der Waals surface area contributed by atoms with Crippen LogP contribution in [0.5, 0.6) is 0 Å². The maximum atomic E-state index is 14.3. The number of fused-ring (bicyclic) bond motifs is 1. The molecule has 0 bridgehead atoms. The lowest BCUT2D eigenvalue weighted by atomic mass is 9.96. The Labute approximate surface area is 115 Å². The van der Waals surface area contributed by atoms with Gasteiger partial charge in [-0.25, -0.2) is 4.39 Å². The van der Waals surface area contributed by atoms with E-state index in [1.807, 2.05) is 6.07 Å². The molecule has 0 saturated heterocycles. The number of hydrogen-bond acceptors (Lipinski definition) is 3. The van der Waals surface area contributed by atoms with E-state index in [-0.39, 0.29) is 5.82 Å². The normalized spacial score (nSPS) is 14.1. The fourth-order valence-corrected chi connectivity index (χ4v) is 2.44. The van der Waals surface area contributed by atoms with Crippen molar-refractivity contribution in [3.63, 3.8) is 0 Å². The van der Waals surface area contributed by atoms with E-state index in [0.29, 0.717) is 29.9 Å². The Hall–Kier alpha value is -2.56. The highest BCUT2D eigenvalue weighted by molar-refractivity contribution is 6.11. The van der Waals surface area contributed by atoms with Gasteiger partial charge in [-0.1, -0.05) is 6.07 Å². The zero-order chi connectivity index (χ0) is 14.1. The van der Waals surface area contributed by atoms with Gasteiger partial charge in [-0.2, -0.15) is 0 Å². The molecule has 3 rings (SSSR count). The van der Waals surface area contributed by atoms with Crippen LogP contribution in [0.2, 0.25) is 0 Å². The second-order valence-corrected chi connectivity index (χ2v) is 4.65. The van der Waals surface area contributed by atoms with E-state index < -0.39 is 0 Å². The van der Waals surface area contributed by atoms with Crippen molar-refractivity contribution in [1.29, 1.82) is 10.8 Å². The third-order valence-corrected chi connectivity index (χ3v) is 3.45. The van der Waals surface area contributed by atoms with Gasteiger partial charge in [0.2, 0.25) is 0 Å². The minimum Gasteiger partial charge on any atom is -0.291 e. The molecule has 0 unspecified atom stereocenters. The summed E-state index contributed by atoms with van der Waals surface area (Å²) in [5.41, 5.74) is 2.77. The van der Waals surface area contributed by atoms with E-state index in [2.05, 4.69) is 4.98 Å². The lowest BCUT2D eigenvalue weighted by Gasteiger charge is -2.28. The van der Waals surface area contributed by atoms with E-state index in [1.54, 1.807) is 24.5 Å². The number of hydrogen-bond donors (Lipinski definition) is 2. The van der Waals surface area contributed by atoms with E-state index in [0.717, 1.165) is 17.5 Å². The lowest BCUT2D eigenvalue weighted by Crippen LogP contribution is -2.33. The number of aryl methyl sites for hydroxylation is 1. The van der Waals surface area contributed by atoms with Gasteiger partial charge >= 0.3 is 0 Å². The van der Waals surface area contributed by atoms with Gasteiger partial charge < -0.3 is 0 Å². The number of nitrogens with zero attached hydrogens (tertiary/aromatic N) is 2. The molecular weight excluding hydrogens is 255 g/mol. The van der Waals surface area contributed by atoms with Crippen LogP contribution in [0.15, 0.2) is 36.7 Å². The zero-order valence-electron chi connectivity index (χ0n) is 10.7. The molecular formula is C15H13FN4. The summed E-state index contributed by atoms with van der Waals surface area (Å²) in [5.74, 6) is -0.0423. The average molecular weight is 268 g/mol. The largest absolute Gasteiger partial charge is 0.291 e. The maximum Gasteiger partial charge on any atom is 0.133 e. The Morgan fingerprint density at radius 2 is 2.15 bits per heavy atom. The molecule has 1 aliphatic rings. The van der Waals surface area contributed by atoms with E-state index in [1.165, 1.54) is 11.0 Å². The standard InChI is InChI=1S/C15H13FN4/c16-13-7-14-10(3-4-15(18)20(14)9-17)6-12(13)11-2-1-5-19-8-11/h1-2,5-9,17-18H,3-4H2. The van der Waals surface area contributed by atoms with Gasteiger partial charge in [0, 0.05) is 29.9 Å². The second-order valence-electron chi connectivity index (χ2n) is 4.65. The summed E-state index contributed by atoms with van der Waals surface area (Å²) in [6, 6.07) is 6.78. The molecule has 0 atom stereocenters. The second kappa shape index (κ2) is 4.85. The highest BCUT2D eigenvalue weighted by Gasteiger charge is 2.22. The van der Waals surface area contributed by atoms with Crippen molar-refractivity contribution in [3.8, 4) is 11.1 Å². The van der Waals surface area contributed by atoms with Crippen molar-refractivity contribution in [1.82, 2.24) is 4.98 Å². The number of halogens is 1. The quantitative estimate of drug-likeness (QED) is 0.648. The van der Waals surface area contributed by atoms with Crippen molar-refractivity contribution in [2.75, 3.05) is 4.90 Å². The first-order chi connectivity index (χ1) is 9.70. The minimum absolute atomic E-state index is 0.320. The molecule has 0 radical (unpaired) electrons. The molecule has 2 N–H and O–H groups in total. The summed E-state index contributed by atoms with van der Waals surface area (Å²) in [5, 5.41) is 15.2. The molecule has 4 nitrogen and oxygen atoms in total. The number of rotatable bonds is 2. The third kappa shape index (κ3) is 1.97. The van der Waals surface area contributed by atoms with Gasteiger partial charge in [0.05, 0.1) is 12.0 Å². The molecule has 0 saturated carbocycles. The van der Waals surface area contributed by atoms with Crippen molar-refractivity contribution in [3.05, 3.63) is 48.0 Å². The number of benzene rings is 1. The molecule has 2 heterocycles. The first-order valence-corrected chi connectivity index (χ1v) is 6.31. The van der Waals surface area contributed by atoms with Crippen molar-refractivity contribution >= 4 is 17.9 Å².